The quantitative estimate of drug-likeness (QED) is 0.717. The number of benzene rings is 1. The summed E-state index contributed by atoms with van der Waals surface area (Å²) in [6.45, 7) is 3.57. The van der Waals surface area contributed by atoms with Crippen LogP contribution < -0.4 is 0 Å². The SMILES string of the molecule is Cc1nnc2n1CCN(C(=O)c1cncn1-c1ccc(F)cc1)C2. The zero-order chi connectivity index (χ0) is 16.7. The van der Waals surface area contributed by atoms with Gasteiger partial charge in [0.25, 0.3) is 5.91 Å². The molecule has 0 fully saturated rings. The first-order valence-corrected chi connectivity index (χ1v) is 7.60. The molecule has 1 amide bonds. The molecule has 0 N–H and O–H groups in total. The number of amides is 1. The number of fused-ring (bicyclic) bond motifs is 1. The second-order valence-electron chi connectivity index (χ2n) is 5.67. The van der Waals surface area contributed by atoms with Crippen LogP contribution in [0.2, 0.25) is 0 Å². The van der Waals surface area contributed by atoms with Crippen molar-refractivity contribution in [3.63, 3.8) is 0 Å². The molecular weight excluding hydrogens is 311 g/mol. The van der Waals surface area contributed by atoms with Gasteiger partial charge in [0.2, 0.25) is 0 Å². The first kappa shape index (κ1) is 14.6. The molecule has 0 unspecified atom stereocenters. The minimum Gasteiger partial charge on any atom is -0.328 e. The average Bonchev–Trinajstić information content (AvgIpc) is 3.22. The smallest absolute Gasteiger partial charge is 0.272 e. The molecule has 1 aliphatic rings. The molecule has 2 aromatic heterocycles. The molecule has 3 aromatic rings. The molecule has 0 saturated heterocycles. The van der Waals surface area contributed by atoms with Crippen LogP contribution in [-0.4, -0.2) is 41.7 Å². The minimum atomic E-state index is -0.322. The van der Waals surface area contributed by atoms with Crippen molar-refractivity contribution < 1.29 is 9.18 Å². The molecule has 7 nitrogen and oxygen atoms in total. The largest absolute Gasteiger partial charge is 0.328 e. The van der Waals surface area contributed by atoms with Gasteiger partial charge in [-0.1, -0.05) is 0 Å². The van der Waals surface area contributed by atoms with Gasteiger partial charge in [0.1, 0.15) is 17.3 Å². The Morgan fingerprint density at radius 2 is 1.96 bits per heavy atom. The second kappa shape index (κ2) is 5.55. The fourth-order valence-electron chi connectivity index (χ4n) is 2.90. The van der Waals surface area contributed by atoms with E-state index in [1.54, 1.807) is 27.9 Å². The summed E-state index contributed by atoms with van der Waals surface area (Å²) in [4.78, 5) is 18.7. The maximum atomic E-state index is 13.1. The van der Waals surface area contributed by atoms with Crippen molar-refractivity contribution in [2.24, 2.45) is 0 Å². The number of carbonyl (C=O) groups excluding carboxylic acids is 1. The van der Waals surface area contributed by atoms with Gasteiger partial charge >= 0.3 is 0 Å². The van der Waals surface area contributed by atoms with E-state index in [9.17, 15) is 9.18 Å². The Morgan fingerprint density at radius 3 is 2.75 bits per heavy atom. The normalized spacial score (nSPS) is 13.8. The number of aryl methyl sites for hydroxylation is 1. The van der Waals surface area contributed by atoms with E-state index in [1.807, 2.05) is 11.5 Å². The molecule has 1 aromatic carbocycles. The molecule has 3 heterocycles. The lowest BCUT2D eigenvalue weighted by molar-refractivity contribution is 0.0698. The number of rotatable bonds is 2. The van der Waals surface area contributed by atoms with Gasteiger partial charge in [-0.2, -0.15) is 0 Å². The minimum absolute atomic E-state index is 0.135. The second-order valence-corrected chi connectivity index (χ2v) is 5.67. The predicted octanol–water partition coefficient (Wildman–Crippen LogP) is 1.57. The van der Waals surface area contributed by atoms with E-state index in [0.717, 1.165) is 11.6 Å². The number of aromatic nitrogens is 5. The standard InChI is InChI=1S/C16H15FN6O/c1-11-19-20-15-9-21(6-7-22(11)15)16(24)14-8-18-10-23(14)13-4-2-12(17)3-5-13/h2-5,8,10H,6-7,9H2,1H3. The monoisotopic (exact) mass is 326 g/mol. The zero-order valence-electron chi connectivity index (χ0n) is 13.1. The van der Waals surface area contributed by atoms with Crippen molar-refractivity contribution in [2.45, 2.75) is 20.0 Å². The number of hydrogen-bond donors (Lipinski definition) is 0. The topological polar surface area (TPSA) is 68.8 Å². The van der Waals surface area contributed by atoms with Gasteiger partial charge in [-0.05, 0) is 31.2 Å². The van der Waals surface area contributed by atoms with Gasteiger partial charge in [-0.3, -0.25) is 9.36 Å². The summed E-state index contributed by atoms with van der Waals surface area (Å²) in [5.41, 5.74) is 1.12. The van der Waals surface area contributed by atoms with E-state index in [-0.39, 0.29) is 11.7 Å². The van der Waals surface area contributed by atoms with Crippen LogP contribution in [0.5, 0.6) is 0 Å². The van der Waals surface area contributed by atoms with Gasteiger partial charge in [0, 0.05) is 18.8 Å². The highest BCUT2D eigenvalue weighted by atomic mass is 19.1. The maximum Gasteiger partial charge on any atom is 0.272 e. The van der Waals surface area contributed by atoms with Gasteiger partial charge in [-0.25, -0.2) is 9.37 Å². The van der Waals surface area contributed by atoms with Crippen molar-refractivity contribution in [3.8, 4) is 5.69 Å². The number of carbonyl (C=O) groups is 1. The molecule has 8 heteroatoms. The molecule has 4 rings (SSSR count). The Labute approximate surface area is 137 Å². The average molecular weight is 326 g/mol. The zero-order valence-corrected chi connectivity index (χ0v) is 13.1. The highest BCUT2D eigenvalue weighted by molar-refractivity contribution is 5.93. The Kier molecular flexibility index (Phi) is 3.37. The molecule has 0 radical (unpaired) electrons. The summed E-state index contributed by atoms with van der Waals surface area (Å²) in [6.07, 6.45) is 3.08. The summed E-state index contributed by atoms with van der Waals surface area (Å²) in [7, 11) is 0. The molecule has 0 aliphatic carbocycles. The fourth-order valence-corrected chi connectivity index (χ4v) is 2.90. The highest BCUT2D eigenvalue weighted by Gasteiger charge is 2.26. The van der Waals surface area contributed by atoms with Crippen molar-refractivity contribution in [1.82, 2.24) is 29.2 Å². The van der Waals surface area contributed by atoms with Crippen LogP contribution >= 0.6 is 0 Å². The third-order valence-electron chi connectivity index (χ3n) is 4.19. The Balaban J connectivity index is 1.62. The van der Waals surface area contributed by atoms with E-state index in [2.05, 4.69) is 15.2 Å². The van der Waals surface area contributed by atoms with E-state index in [0.29, 0.717) is 31.0 Å². The van der Waals surface area contributed by atoms with Crippen molar-refractivity contribution in [1.29, 1.82) is 0 Å². The number of halogens is 1. The number of hydrogen-bond acceptors (Lipinski definition) is 4. The van der Waals surface area contributed by atoms with E-state index in [4.69, 9.17) is 0 Å². The molecule has 0 bridgehead atoms. The van der Waals surface area contributed by atoms with Crippen molar-refractivity contribution in [2.75, 3.05) is 6.54 Å². The van der Waals surface area contributed by atoms with Gasteiger partial charge < -0.3 is 9.47 Å². The van der Waals surface area contributed by atoms with Gasteiger partial charge in [-0.15, -0.1) is 10.2 Å². The van der Waals surface area contributed by atoms with Crippen LogP contribution in [0, 0.1) is 12.7 Å². The van der Waals surface area contributed by atoms with Crippen LogP contribution in [-0.2, 0) is 13.1 Å². The third kappa shape index (κ3) is 2.36. The van der Waals surface area contributed by atoms with Crippen molar-refractivity contribution >= 4 is 5.91 Å². The summed E-state index contributed by atoms with van der Waals surface area (Å²) in [5, 5.41) is 8.17. The predicted molar refractivity (Wildman–Crippen MR) is 83.0 cm³/mol. The van der Waals surface area contributed by atoms with E-state index < -0.39 is 0 Å². The summed E-state index contributed by atoms with van der Waals surface area (Å²) < 4.78 is 16.8. The van der Waals surface area contributed by atoms with Crippen LogP contribution in [0.3, 0.4) is 0 Å². The van der Waals surface area contributed by atoms with Gasteiger partial charge in [0.05, 0.1) is 19.1 Å². The lowest BCUT2D eigenvalue weighted by Gasteiger charge is -2.27. The molecule has 0 atom stereocenters. The van der Waals surface area contributed by atoms with Crippen LogP contribution in [0.4, 0.5) is 4.39 Å². The third-order valence-corrected chi connectivity index (χ3v) is 4.19. The lowest BCUT2D eigenvalue weighted by atomic mass is 10.2. The lowest BCUT2D eigenvalue weighted by Crippen LogP contribution is -2.39. The Bertz CT molecular complexity index is 898. The molecule has 0 saturated carbocycles. The van der Waals surface area contributed by atoms with Crippen molar-refractivity contribution in [3.05, 3.63) is 59.9 Å². The van der Waals surface area contributed by atoms with Gasteiger partial charge in [0.15, 0.2) is 5.82 Å². The molecule has 24 heavy (non-hydrogen) atoms. The van der Waals surface area contributed by atoms with E-state index in [1.165, 1.54) is 18.3 Å². The maximum absolute atomic E-state index is 13.1. The number of imidazole rings is 1. The fraction of sp³-hybridized carbons (Fsp3) is 0.250. The highest BCUT2D eigenvalue weighted by Crippen LogP contribution is 2.18. The Morgan fingerprint density at radius 1 is 1.17 bits per heavy atom. The first-order valence-electron chi connectivity index (χ1n) is 7.60. The van der Waals surface area contributed by atoms with E-state index >= 15 is 0 Å². The summed E-state index contributed by atoms with van der Waals surface area (Å²) in [5.74, 6) is 1.18. The summed E-state index contributed by atoms with van der Waals surface area (Å²) >= 11 is 0. The van der Waals surface area contributed by atoms with Crippen LogP contribution in [0.25, 0.3) is 5.69 Å². The van der Waals surface area contributed by atoms with Crippen LogP contribution in [0.15, 0.2) is 36.8 Å². The number of nitrogens with zero attached hydrogens (tertiary/aromatic N) is 6. The molecule has 122 valence electrons. The van der Waals surface area contributed by atoms with Crippen LogP contribution in [0.1, 0.15) is 22.1 Å². The molecule has 0 spiro atoms. The Hall–Kier alpha value is -3.03. The molecular formula is C16H15FN6O. The summed E-state index contributed by atoms with van der Waals surface area (Å²) in [6, 6.07) is 5.94. The molecule has 1 aliphatic heterocycles. The first-order chi connectivity index (χ1) is 11.6.